The van der Waals surface area contributed by atoms with Crippen molar-refractivity contribution in [1.82, 2.24) is 0 Å². The summed E-state index contributed by atoms with van der Waals surface area (Å²) in [6.07, 6.45) is 1.14. The molecule has 1 aromatic rings. The summed E-state index contributed by atoms with van der Waals surface area (Å²) in [5, 5.41) is 0. The molecule has 0 radical (unpaired) electrons. The van der Waals surface area contributed by atoms with Gasteiger partial charge in [0.1, 0.15) is 0 Å². The van der Waals surface area contributed by atoms with Gasteiger partial charge in [0, 0.05) is 0 Å². The van der Waals surface area contributed by atoms with Crippen molar-refractivity contribution < 1.29 is 19.1 Å². The Hall–Kier alpha value is -1.84. The number of carbonyl (C=O) groups excluding carboxylic acids is 2. The molecule has 0 atom stereocenters. The Morgan fingerprint density at radius 1 is 1.00 bits per heavy atom. The van der Waals surface area contributed by atoms with E-state index in [0.29, 0.717) is 12.9 Å². The van der Waals surface area contributed by atoms with E-state index in [4.69, 9.17) is 9.59 Å². The maximum absolute atomic E-state index is 8.95. The smallest absolute Gasteiger partial charge is 0.292 e. The molecule has 0 spiro atoms. The molecular weight excluding hydrogens is 208 g/mol. The Bertz CT molecular complexity index is 238. The van der Waals surface area contributed by atoms with Crippen LogP contribution < -0.4 is 0 Å². The summed E-state index contributed by atoms with van der Waals surface area (Å²) < 4.78 is 7.72. The molecule has 90 valence electrons. The van der Waals surface area contributed by atoms with Crippen LogP contribution in [0.5, 0.6) is 0 Å². The molecule has 0 heterocycles. The number of hydrogen-bond donors (Lipinski definition) is 0. The number of aryl methyl sites for hydroxylation is 1. The van der Waals surface area contributed by atoms with E-state index in [9.17, 15) is 0 Å². The van der Waals surface area contributed by atoms with Gasteiger partial charge in [0.25, 0.3) is 12.9 Å². The Morgan fingerprint density at radius 2 is 1.38 bits per heavy atom. The molecular formula is C12H18O4. The topological polar surface area (TPSA) is 52.6 Å². The van der Waals surface area contributed by atoms with Gasteiger partial charge in [-0.05, 0) is 12.0 Å². The second kappa shape index (κ2) is 15.6. The van der Waals surface area contributed by atoms with Crippen LogP contribution in [0.15, 0.2) is 30.3 Å². The van der Waals surface area contributed by atoms with Crippen molar-refractivity contribution in [3.8, 4) is 0 Å². The minimum Gasteiger partial charge on any atom is -0.471 e. The molecule has 0 fully saturated rings. The predicted octanol–water partition coefficient (Wildman–Crippen LogP) is 1.83. The monoisotopic (exact) mass is 226 g/mol. The fourth-order valence-electron chi connectivity index (χ4n) is 0.714. The highest BCUT2D eigenvalue weighted by molar-refractivity contribution is 5.36. The van der Waals surface area contributed by atoms with Gasteiger partial charge < -0.3 is 9.47 Å². The fourth-order valence-corrected chi connectivity index (χ4v) is 0.714. The first kappa shape index (κ1) is 16.6. The number of carbonyl (C=O) groups is 2. The lowest BCUT2D eigenvalue weighted by Crippen LogP contribution is -1.73. The Labute approximate surface area is 96.2 Å². The van der Waals surface area contributed by atoms with E-state index < -0.39 is 0 Å². The van der Waals surface area contributed by atoms with Crippen LogP contribution in [0.25, 0.3) is 0 Å². The van der Waals surface area contributed by atoms with Crippen LogP contribution in [0.4, 0.5) is 0 Å². The zero-order chi connectivity index (χ0) is 12.6. The van der Waals surface area contributed by atoms with Crippen molar-refractivity contribution >= 4 is 12.9 Å². The zero-order valence-corrected chi connectivity index (χ0v) is 9.88. The molecule has 4 nitrogen and oxygen atoms in total. The lowest BCUT2D eigenvalue weighted by atomic mass is 10.2. The van der Waals surface area contributed by atoms with Gasteiger partial charge >= 0.3 is 0 Å². The van der Waals surface area contributed by atoms with Crippen molar-refractivity contribution in [2.75, 3.05) is 14.2 Å². The fraction of sp³-hybridized carbons (Fsp3) is 0.333. The lowest BCUT2D eigenvalue weighted by molar-refractivity contribution is -0.126. The molecule has 1 rings (SSSR count). The van der Waals surface area contributed by atoms with Crippen LogP contribution in [0, 0.1) is 0 Å². The molecule has 1 aromatic carbocycles. The standard InChI is InChI=1S/C8H10.2C2H4O2/c1-2-8-6-4-3-5-7-8;2*1-4-2-3/h3-7H,2H2,1H3;2*2H,1H3. The minimum absolute atomic E-state index is 0.375. The molecule has 4 heteroatoms. The summed E-state index contributed by atoms with van der Waals surface area (Å²) >= 11 is 0. The van der Waals surface area contributed by atoms with E-state index in [1.807, 2.05) is 6.07 Å². The summed E-state index contributed by atoms with van der Waals surface area (Å²) in [6.45, 7) is 2.91. The van der Waals surface area contributed by atoms with E-state index in [1.54, 1.807) is 0 Å². The molecule has 0 saturated carbocycles. The number of rotatable bonds is 3. The molecule has 0 N–H and O–H groups in total. The minimum atomic E-state index is 0.375. The summed E-state index contributed by atoms with van der Waals surface area (Å²) in [5.74, 6) is 0. The average Bonchev–Trinajstić information content (AvgIpc) is 2.40. The predicted molar refractivity (Wildman–Crippen MR) is 62.0 cm³/mol. The highest BCUT2D eigenvalue weighted by Gasteiger charge is 1.79. The molecule has 0 amide bonds. The van der Waals surface area contributed by atoms with Crippen LogP contribution in [0.2, 0.25) is 0 Å². The largest absolute Gasteiger partial charge is 0.471 e. The van der Waals surface area contributed by atoms with E-state index >= 15 is 0 Å². The van der Waals surface area contributed by atoms with Gasteiger partial charge in [0.05, 0.1) is 14.2 Å². The van der Waals surface area contributed by atoms with E-state index in [0.717, 1.165) is 6.42 Å². The Morgan fingerprint density at radius 3 is 1.56 bits per heavy atom. The Balaban J connectivity index is 0. The highest BCUT2D eigenvalue weighted by atomic mass is 16.5. The summed E-state index contributed by atoms with van der Waals surface area (Å²) in [6, 6.07) is 10.5. The van der Waals surface area contributed by atoms with Crippen molar-refractivity contribution in [1.29, 1.82) is 0 Å². The van der Waals surface area contributed by atoms with Crippen LogP contribution in [0.3, 0.4) is 0 Å². The van der Waals surface area contributed by atoms with Crippen molar-refractivity contribution in [2.45, 2.75) is 13.3 Å². The zero-order valence-electron chi connectivity index (χ0n) is 9.88. The summed E-state index contributed by atoms with van der Waals surface area (Å²) in [7, 11) is 2.62. The molecule has 0 aromatic heterocycles. The van der Waals surface area contributed by atoms with Gasteiger partial charge in [-0.25, -0.2) is 0 Å². The number of hydrogen-bond acceptors (Lipinski definition) is 4. The SMILES string of the molecule is CCc1ccccc1.COC=O.COC=O. The van der Waals surface area contributed by atoms with Crippen molar-refractivity contribution in [3.05, 3.63) is 35.9 Å². The molecule has 0 unspecified atom stereocenters. The summed E-state index contributed by atoms with van der Waals surface area (Å²) in [4.78, 5) is 17.9. The van der Waals surface area contributed by atoms with Crippen molar-refractivity contribution in [3.63, 3.8) is 0 Å². The molecule has 0 saturated heterocycles. The van der Waals surface area contributed by atoms with Gasteiger partial charge in [0.2, 0.25) is 0 Å². The lowest BCUT2D eigenvalue weighted by Gasteiger charge is -1.89. The van der Waals surface area contributed by atoms with Gasteiger partial charge in [-0.15, -0.1) is 0 Å². The number of ether oxygens (including phenoxy) is 2. The highest BCUT2D eigenvalue weighted by Crippen LogP contribution is 1.96. The normalized spacial score (nSPS) is 7.19. The molecule has 0 aliphatic rings. The second-order valence-corrected chi connectivity index (χ2v) is 2.50. The first-order valence-corrected chi connectivity index (χ1v) is 4.73. The average molecular weight is 226 g/mol. The molecule has 0 aliphatic heterocycles. The first-order valence-electron chi connectivity index (χ1n) is 4.73. The number of benzene rings is 1. The van der Waals surface area contributed by atoms with Gasteiger partial charge in [0.15, 0.2) is 0 Å². The van der Waals surface area contributed by atoms with E-state index in [-0.39, 0.29) is 0 Å². The molecule has 0 bridgehead atoms. The molecule has 16 heavy (non-hydrogen) atoms. The van der Waals surface area contributed by atoms with Gasteiger partial charge in [-0.1, -0.05) is 37.3 Å². The third kappa shape index (κ3) is 14.7. The van der Waals surface area contributed by atoms with Crippen LogP contribution in [-0.4, -0.2) is 27.2 Å². The number of methoxy groups -OCH3 is 2. The third-order valence-corrected chi connectivity index (χ3v) is 1.44. The summed E-state index contributed by atoms with van der Waals surface area (Å²) in [5.41, 5.74) is 1.41. The van der Waals surface area contributed by atoms with Gasteiger partial charge in [-0.3, -0.25) is 9.59 Å². The first-order chi connectivity index (χ1) is 7.76. The quantitative estimate of drug-likeness (QED) is 0.738. The maximum atomic E-state index is 8.95. The van der Waals surface area contributed by atoms with Crippen LogP contribution in [0.1, 0.15) is 12.5 Å². The Kier molecular flexibility index (Phi) is 16.2. The van der Waals surface area contributed by atoms with Crippen LogP contribution in [-0.2, 0) is 25.5 Å². The maximum Gasteiger partial charge on any atom is 0.292 e. The third-order valence-electron chi connectivity index (χ3n) is 1.44. The van der Waals surface area contributed by atoms with Crippen LogP contribution >= 0.6 is 0 Å². The van der Waals surface area contributed by atoms with Crippen molar-refractivity contribution in [2.24, 2.45) is 0 Å². The second-order valence-electron chi connectivity index (χ2n) is 2.50. The van der Waals surface area contributed by atoms with Gasteiger partial charge in [-0.2, -0.15) is 0 Å². The van der Waals surface area contributed by atoms with E-state index in [2.05, 4.69) is 40.7 Å². The van der Waals surface area contributed by atoms with E-state index in [1.165, 1.54) is 19.8 Å². The molecule has 0 aliphatic carbocycles.